The summed E-state index contributed by atoms with van der Waals surface area (Å²) in [5, 5.41) is 7.73. The summed E-state index contributed by atoms with van der Waals surface area (Å²) in [7, 11) is 0. The first-order chi connectivity index (χ1) is 11.9. The molecule has 5 nitrogen and oxygen atoms in total. The highest BCUT2D eigenvalue weighted by atomic mass is 16.1. The van der Waals surface area contributed by atoms with Gasteiger partial charge in [0.1, 0.15) is 12.4 Å². The quantitative estimate of drug-likeness (QED) is 0.898. The van der Waals surface area contributed by atoms with E-state index < -0.39 is 0 Å². The highest BCUT2D eigenvalue weighted by Crippen LogP contribution is 2.45. The maximum absolute atomic E-state index is 13.0. The first-order valence-corrected chi connectivity index (χ1v) is 8.88. The van der Waals surface area contributed by atoms with Crippen molar-refractivity contribution in [3.63, 3.8) is 0 Å². The molecule has 0 radical (unpaired) electrons. The van der Waals surface area contributed by atoms with Crippen LogP contribution in [0.2, 0.25) is 0 Å². The monoisotopic (exact) mass is 336 g/mol. The number of Topliss-reactive ketones (excluding diaryl/α,β-unsaturated/α-hetero) is 1. The van der Waals surface area contributed by atoms with Gasteiger partial charge in [0.15, 0.2) is 5.78 Å². The number of benzene rings is 1. The van der Waals surface area contributed by atoms with Crippen molar-refractivity contribution < 1.29 is 4.79 Å². The van der Waals surface area contributed by atoms with Crippen LogP contribution in [-0.4, -0.2) is 20.5 Å². The van der Waals surface area contributed by atoms with E-state index in [0.717, 1.165) is 23.3 Å². The lowest BCUT2D eigenvalue weighted by molar-refractivity contribution is -0.118. The summed E-state index contributed by atoms with van der Waals surface area (Å²) in [4.78, 5) is 17.3. The van der Waals surface area contributed by atoms with E-state index in [1.807, 2.05) is 4.68 Å². The van der Waals surface area contributed by atoms with Crippen LogP contribution in [0.3, 0.4) is 0 Å². The van der Waals surface area contributed by atoms with Gasteiger partial charge in [-0.15, -0.1) is 0 Å². The summed E-state index contributed by atoms with van der Waals surface area (Å²) in [6.45, 7) is 8.65. The minimum atomic E-state index is -0.196. The summed E-state index contributed by atoms with van der Waals surface area (Å²) in [5.41, 5.74) is 4.19. The van der Waals surface area contributed by atoms with E-state index in [1.165, 1.54) is 5.56 Å². The summed E-state index contributed by atoms with van der Waals surface area (Å²) in [5.74, 6) is 1.40. The average Bonchev–Trinajstić information content (AvgIpc) is 2.99. The first kappa shape index (κ1) is 16.1. The van der Waals surface area contributed by atoms with Gasteiger partial charge in [-0.25, -0.2) is 4.68 Å². The Hall–Kier alpha value is -2.43. The average molecular weight is 336 g/mol. The summed E-state index contributed by atoms with van der Waals surface area (Å²) >= 11 is 0. The number of fused-ring (bicyclic) bond motifs is 1. The van der Waals surface area contributed by atoms with Crippen molar-refractivity contribution in [2.24, 2.45) is 5.41 Å². The van der Waals surface area contributed by atoms with Gasteiger partial charge in [0.25, 0.3) is 0 Å². The Balaban J connectivity index is 1.84. The van der Waals surface area contributed by atoms with E-state index in [9.17, 15) is 4.79 Å². The first-order valence-electron chi connectivity index (χ1n) is 8.88. The standard InChI is InChI=1S/C20H24N4O/c1-12(2)13-5-7-14(8-6-13)18-17-15(9-20(3,4)10-16(17)25)23-19-21-11-22-24(18)19/h5-8,11-12,18H,9-10H2,1-4H3,(H,21,22,23). The lowest BCUT2D eigenvalue weighted by atomic mass is 9.73. The Morgan fingerprint density at radius 1 is 1.20 bits per heavy atom. The lowest BCUT2D eigenvalue weighted by Crippen LogP contribution is -2.36. The number of anilines is 1. The molecule has 5 heteroatoms. The number of aromatic nitrogens is 3. The Labute approximate surface area is 148 Å². The number of carbonyl (C=O) groups is 1. The van der Waals surface area contributed by atoms with Crippen LogP contribution in [-0.2, 0) is 4.79 Å². The lowest BCUT2D eigenvalue weighted by Gasteiger charge is -2.38. The molecule has 1 aliphatic carbocycles. The third-order valence-corrected chi connectivity index (χ3v) is 5.19. The highest BCUT2D eigenvalue weighted by molar-refractivity contribution is 6.00. The Morgan fingerprint density at radius 3 is 2.60 bits per heavy atom. The van der Waals surface area contributed by atoms with E-state index in [4.69, 9.17) is 0 Å². The minimum Gasteiger partial charge on any atom is -0.328 e. The van der Waals surface area contributed by atoms with Crippen molar-refractivity contribution in [3.8, 4) is 0 Å². The van der Waals surface area contributed by atoms with Gasteiger partial charge >= 0.3 is 0 Å². The van der Waals surface area contributed by atoms with E-state index in [2.05, 4.69) is 67.4 Å². The smallest absolute Gasteiger partial charge is 0.226 e. The van der Waals surface area contributed by atoms with Gasteiger partial charge in [0.05, 0.1) is 0 Å². The van der Waals surface area contributed by atoms with Crippen molar-refractivity contribution >= 4 is 11.7 Å². The number of hydrogen-bond acceptors (Lipinski definition) is 4. The van der Waals surface area contributed by atoms with Gasteiger partial charge in [0.2, 0.25) is 5.95 Å². The van der Waals surface area contributed by atoms with Gasteiger partial charge in [0, 0.05) is 17.7 Å². The number of nitrogens with one attached hydrogen (secondary N) is 1. The molecular weight excluding hydrogens is 312 g/mol. The molecule has 1 aromatic carbocycles. The van der Waals surface area contributed by atoms with Crippen LogP contribution in [0.5, 0.6) is 0 Å². The van der Waals surface area contributed by atoms with Gasteiger partial charge in [-0.3, -0.25) is 4.79 Å². The predicted molar refractivity (Wildman–Crippen MR) is 97.4 cm³/mol. The van der Waals surface area contributed by atoms with Crippen LogP contribution in [0, 0.1) is 5.41 Å². The molecule has 1 aromatic heterocycles. The Bertz CT molecular complexity index is 858. The molecule has 0 saturated carbocycles. The van der Waals surface area contributed by atoms with Crippen LogP contribution in [0.4, 0.5) is 5.95 Å². The number of hydrogen-bond donors (Lipinski definition) is 1. The van der Waals surface area contributed by atoms with E-state index in [0.29, 0.717) is 18.3 Å². The molecule has 0 fully saturated rings. The molecule has 1 unspecified atom stereocenters. The van der Waals surface area contributed by atoms with Crippen molar-refractivity contribution in [1.82, 2.24) is 14.8 Å². The third kappa shape index (κ3) is 2.68. The molecule has 2 heterocycles. The molecule has 0 spiro atoms. The zero-order valence-corrected chi connectivity index (χ0v) is 15.2. The second kappa shape index (κ2) is 5.55. The Morgan fingerprint density at radius 2 is 1.92 bits per heavy atom. The zero-order valence-electron chi connectivity index (χ0n) is 15.2. The fourth-order valence-corrected chi connectivity index (χ4v) is 3.92. The topological polar surface area (TPSA) is 59.8 Å². The SMILES string of the molecule is CC(C)c1ccc(C2C3=C(CC(C)(C)CC3=O)Nc3ncnn32)cc1. The second-order valence-electron chi connectivity index (χ2n) is 8.21. The van der Waals surface area contributed by atoms with Gasteiger partial charge in [-0.05, 0) is 28.9 Å². The molecule has 0 saturated heterocycles. The van der Waals surface area contributed by atoms with Crippen LogP contribution < -0.4 is 5.32 Å². The number of rotatable bonds is 2. The van der Waals surface area contributed by atoms with Crippen molar-refractivity contribution in [2.45, 2.75) is 52.5 Å². The summed E-state index contributed by atoms with van der Waals surface area (Å²) in [6.07, 6.45) is 2.96. The number of nitrogens with zero attached hydrogens (tertiary/aromatic N) is 3. The predicted octanol–water partition coefficient (Wildman–Crippen LogP) is 4.06. The molecular formula is C20H24N4O. The van der Waals surface area contributed by atoms with E-state index >= 15 is 0 Å². The number of carbonyl (C=O) groups excluding carboxylic acids is 1. The summed E-state index contributed by atoms with van der Waals surface area (Å²) < 4.78 is 1.83. The molecule has 2 aromatic rings. The van der Waals surface area contributed by atoms with Crippen LogP contribution in [0.15, 0.2) is 41.9 Å². The van der Waals surface area contributed by atoms with E-state index in [1.54, 1.807) is 6.33 Å². The molecule has 1 atom stereocenters. The largest absolute Gasteiger partial charge is 0.328 e. The highest BCUT2D eigenvalue weighted by Gasteiger charge is 2.41. The maximum atomic E-state index is 13.0. The molecule has 4 rings (SSSR count). The fourth-order valence-electron chi connectivity index (χ4n) is 3.92. The normalized spacial score (nSPS) is 21.8. The molecule has 1 N–H and O–H groups in total. The van der Waals surface area contributed by atoms with Crippen molar-refractivity contribution in [2.75, 3.05) is 5.32 Å². The fraction of sp³-hybridized carbons (Fsp3) is 0.450. The Kier molecular flexibility index (Phi) is 3.56. The molecule has 0 amide bonds. The molecule has 130 valence electrons. The van der Waals surface area contributed by atoms with Crippen molar-refractivity contribution in [1.29, 1.82) is 0 Å². The van der Waals surface area contributed by atoms with Crippen LogP contribution in [0.1, 0.15) is 63.6 Å². The van der Waals surface area contributed by atoms with E-state index in [-0.39, 0.29) is 17.2 Å². The second-order valence-corrected chi connectivity index (χ2v) is 8.21. The van der Waals surface area contributed by atoms with Crippen LogP contribution >= 0.6 is 0 Å². The molecule has 25 heavy (non-hydrogen) atoms. The number of ketones is 1. The summed E-state index contributed by atoms with van der Waals surface area (Å²) in [6, 6.07) is 8.34. The molecule has 0 bridgehead atoms. The number of allylic oxidation sites excluding steroid dienone is 2. The van der Waals surface area contributed by atoms with Gasteiger partial charge in [-0.2, -0.15) is 10.1 Å². The van der Waals surface area contributed by atoms with Crippen molar-refractivity contribution in [3.05, 3.63) is 53.0 Å². The minimum absolute atomic E-state index is 0.0306. The van der Waals surface area contributed by atoms with Crippen LogP contribution in [0.25, 0.3) is 0 Å². The third-order valence-electron chi connectivity index (χ3n) is 5.19. The maximum Gasteiger partial charge on any atom is 0.226 e. The molecule has 1 aliphatic heterocycles. The zero-order chi connectivity index (χ0) is 17.8. The van der Waals surface area contributed by atoms with Gasteiger partial charge < -0.3 is 5.32 Å². The molecule has 2 aliphatic rings. The van der Waals surface area contributed by atoms with Gasteiger partial charge in [-0.1, -0.05) is 52.0 Å².